The van der Waals surface area contributed by atoms with E-state index in [4.69, 9.17) is 0 Å². The molecule has 0 aromatic heterocycles. The minimum atomic E-state index is -1.21. The molecule has 0 bridgehead atoms. The Morgan fingerprint density at radius 1 is 0.860 bits per heavy atom. The molecule has 6 atom stereocenters. The molecule has 0 radical (unpaired) electrons. The number of phenolic OH excluding ortho intramolecular Hbond substituents is 1. The lowest BCUT2D eigenvalue weighted by Gasteiger charge is -2.49. The van der Waals surface area contributed by atoms with Gasteiger partial charge in [0, 0.05) is 16.0 Å². The number of carbonyl (C=O) groups excluding carboxylic acids is 4. The van der Waals surface area contributed by atoms with Crippen LogP contribution in [0.4, 0.5) is 11.4 Å². The minimum absolute atomic E-state index is 0.0155. The molecule has 3 aromatic carbocycles. The summed E-state index contributed by atoms with van der Waals surface area (Å²) in [5.74, 6) is -4.19. The molecule has 4 amide bonds. The molecule has 1 saturated carbocycles. The maximum Gasteiger partial charge on any atom is 0.241 e. The smallest absolute Gasteiger partial charge is 0.241 e. The molecule has 7 nitrogen and oxygen atoms in total. The van der Waals surface area contributed by atoms with Crippen LogP contribution in [0.3, 0.4) is 0 Å². The van der Waals surface area contributed by atoms with Gasteiger partial charge in [0.2, 0.25) is 23.6 Å². The van der Waals surface area contributed by atoms with E-state index in [9.17, 15) is 24.3 Å². The number of phenols is 1. The van der Waals surface area contributed by atoms with Crippen LogP contribution in [0.5, 0.6) is 5.75 Å². The summed E-state index contributed by atoms with van der Waals surface area (Å²) in [4.78, 5) is 59.1. The zero-order chi connectivity index (χ0) is 30.2. The fourth-order valence-electron chi connectivity index (χ4n) is 8.07. The van der Waals surface area contributed by atoms with E-state index in [1.165, 1.54) is 9.80 Å². The van der Waals surface area contributed by atoms with Gasteiger partial charge in [-0.05, 0) is 80.1 Å². The van der Waals surface area contributed by atoms with E-state index in [1.807, 2.05) is 50.3 Å². The predicted molar refractivity (Wildman–Crippen MR) is 165 cm³/mol. The van der Waals surface area contributed by atoms with Crippen molar-refractivity contribution < 1.29 is 24.3 Å². The molecule has 3 fully saturated rings. The molecule has 1 N–H and O–H groups in total. The molecular weight excluding hydrogens is 608 g/mol. The molecule has 7 rings (SSSR count). The molecule has 2 heterocycles. The van der Waals surface area contributed by atoms with Gasteiger partial charge in [0.25, 0.3) is 0 Å². The van der Waals surface area contributed by atoms with Gasteiger partial charge in [-0.2, -0.15) is 0 Å². The van der Waals surface area contributed by atoms with Crippen molar-refractivity contribution >= 4 is 50.9 Å². The molecule has 2 aliphatic heterocycles. The highest BCUT2D eigenvalue weighted by atomic mass is 79.9. The summed E-state index contributed by atoms with van der Waals surface area (Å²) in [6.07, 6.45) is 3.46. The first-order valence-electron chi connectivity index (χ1n) is 14.7. The number of halogens is 1. The maximum absolute atomic E-state index is 14.4. The highest BCUT2D eigenvalue weighted by Crippen LogP contribution is 2.64. The van der Waals surface area contributed by atoms with Crippen LogP contribution in [0.25, 0.3) is 0 Å². The second-order valence-corrected chi connectivity index (χ2v) is 13.1. The molecule has 2 aliphatic carbocycles. The maximum atomic E-state index is 14.4. The third-order valence-corrected chi connectivity index (χ3v) is 10.7. The van der Waals surface area contributed by atoms with Crippen LogP contribution < -0.4 is 9.80 Å². The van der Waals surface area contributed by atoms with Crippen LogP contribution in [0.1, 0.15) is 43.7 Å². The first kappa shape index (κ1) is 27.8. The summed E-state index contributed by atoms with van der Waals surface area (Å²) in [6.45, 7) is 3.87. The fraction of sp³-hybridized carbons (Fsp3) is 0.314. The zero-order valence-electron chi connectivity index (χ0n) is 23.9. The van der Waals surface area contributed by atoms with E-state index < -0.39 is 35.0 Å². The molecular formula is C35H31BrN2O5. The Hall–Kier alpha value is -4.04. The molecule has 8 heteroatoms. The molecule has 0 spiro atoms. The SMILES string of the molecule is CCc1ccc(N2C(=O)C3CC=C4C(CC5C(=O)N(c6ccccc6)C(=O)C5(C)C4c4cc(Br)ccc4O)C3C2=O)cc1. The average Bonchev–Trinajstić information content (AvgIpc) is 3.38. The normalized spacial score (nSPS) is 29.8. The lowest BCUT2D eigenvalue weighted by Crippen LogP contribution is -2.48. The summed E-state index contributed by atoms with van der Waals surface area (Å²) in [5, 5.41) is 11.2. The van der Waals surface area contributed by atoms with Gasteiger partial charge in [-0.15, -0.1) is 0 Å². The molecule has 6 unspecified atom stereocenters. The van der Waals surface area contributed by atoms with Crippen molar-refractivity contribution in [1.82, 2.24) is 0 Å². The standard InChI is InChI=1S/C35H31BrN2O5/c1-3-19-9-12-22(13-10-19)37-31(40)24-15-14-23-25(29(24)33(37)42)18-27-32(41)38(21-7-5-4-6-8-21)34(43)35(27,2)30(23)26-17-20(36)11-16-28(26)39/h4-14,16-17,24-25,27,29-30,39H,3,15,18H2,1-2H3. The number of hydrogen-bond acceptors (Lipinski definition) is 5. The number of aryl methyl sites for hydroxylation is 1. The Bertz CT molecular complexity index is 1720. The van der Waals surface area contributed by atoms with Crippen LogP contribution in [-0.4, -0.2) is 28.7 Å². The van der Waals surface area contributed by atoms with Gasteiger partial charge in [0.1, 0.15) is 5.75 Å². The minimum Gasteiger partial charge on any atom is -0.508 e. The third-order valence-electron chi connectivity index (χ3n) is 10.2. The van der Waals surface area contributed by atoms with E-state index >= 15 is 0 Å². The van der Waals surface area contributed by atoms with Crippen molar-refractivity contribution in [3.05, 3.63) is 100 Å². The number of amides is 4. The van der Waals surface area contributed by atoms with Crippen LogP contribution in [0, 0.1) is 29.1 Å². The third kappa shape index (κ3) is 3.92. The zero-order valence-corrected chi connectivity index (χ0v) is 25.5. The fourth-order valence-corrected chi connectivity index (χ4v) is 8.45. The van der Waals surface area contributed by atoms with E-state index in [0.717, 1.165) is 22.0 Å². The van der Waals surface area contributed by atoms with Crippen LogP contribution in [0.15, 0.2) is 88.9 Å². The molecule has 218 valence electrons. The molecule has 2 saturated heterocycles. The average molecular weight is 640 g/mol. The number of imide groups is 2. The number of fused-ring (bicyclic) bond motifs is 4. The number of rotatable bonds is 4. The van der Waals surface area contributed by atoms with Crippen molar-refractivity contribution in [3.63, 3.8) is 0 Å². The first-order valence-corrected chi connectivity index (χ1v) is 15.5. The number of benzene rings is 3. The van der Waals surface area contributed by atoms with Gasteiger partial charge in [-0.1, -0.05) is 64.8 Å². The van der Waals surface area contributed by atoms with Gasteiger partial charge < -0.3 is 5.11 Å². The lowest BCUT2D eigenvalue weighted by atomic mass is 9.51. The predicted octanol–water partition coefficient (Wildman–Crippen LogP) is 6.15. The summed E-state index contributed by atoms with van der Waals surface area (Å²) in [6, 6.07) is 21.5. The second kappa shape index (κ2) is 10.0. The van der Waals surface area contributed by atoms with Gasteiger partial charge in [0.15, 0.2) is 0 Å². The highest BCUT2D eigenvalue weighted by Gasteiger charge is 2.68. The van der Waals surface area contributed by atoms with Crippen molar-refractivity contribution in [2.45, 2.75) is 39.0 Å². The quantitative estimate of drug-likeness (QED) is 0.273. The molecule has 4 aliphatic rings. The number of carbonyl (C=O) groups is 4. The number of allylic oxidation sites excluding steroid dienone is 2. The summed E-state index contributed by atoms with van der Waals surface area (Å²) < 4.78 is 0.724. The molecule has 3 aromatic rings. The van der Waals surface area contributed by atoms with Crippen LogP contribution in [0.2, 0.25) is 0 Å². The summed E-state index contributed by atoms with van der Waals surface area (Å²) >= 11 is 3.52. The van der Waals surface area contributed by atoms with E-state index in [2.05, 4.69) is 15.9 Å². The Balaban J connectivity index is 1.36. The van der Waals surface area contributed by atoms with Crippen molar-refractivity contribution in [2.75, 3.05) is 9.80 Å². The van der Waals surface area contributed by atoms with E-state index in [1.54, 1.807) is 42.5 Å². The first-order chi connectivity index (χ1) is 20.7. The van der Waals surface area contributed by atoms with Crippen molar-refractivity contribution in [3.8, 4) is 5.75 Å². The van der Waals surface area contributed by atoms with Gasteiger partial charge >= 0.3 is 0 Å². The highest BCUT2D eigenvalue weighted by molar-refractivity contribution is 9.10. The summed E-state index contributed by atoms with van der Waals surface area (Å²) in [7, 11) is 0. The van der Waals surface area contributed by atoms with Crippen molar-refractivity contribution in [1.29, 1.82) is 0 Å². The Morgan fingerprint density at radius 2 is 1.56 bits per heavy atom. The van der Waals surface area contributed by atoms with Crippen LogP contribution in [-0.2, 0) is 25.6 Å². The molecule has 43 heavy (non-hydrogen) atoms. The Labute approximate surface area is 258 Å². The number of anilines is 2. The van der Waals surface area contributed by atoms with Gasteiger partial charge in [-0.25, -0.2) is 4.90 Å². The number of para-hydroxylation sites is 1. The monoisotopic (exact) mass is 638 g/mol. The van der Waals surface area contributed by atoms with Crippen LogP contribution >= 0.6 is 15.9 Å². The van der Waals surface area contributed by atoms with E-state index in [-0.39, 0.29) is 35.8 Å². The Morgan fingerprint density at radius 3 is 2.26 bits per heavy atom. The second-order valence-electron chi connectivity index (χ2n) is 12.2. The van der Waals surface area contributed by atoms with Gasteiger partial charge in [-0.3, -0.25) is 24.1 Å². The number of aromatic hydroxyl groups is 1. The Kier molecular flexibility index (Phi) is 6.47. The van der Waals surface area contributed by atoms with Crippen molar-refractivity contribution in [2.24, 2.45) is 29.1 Å². The number of hydrogen-bond donors (Lipinski definition) is 1. The largest absolute Gasteiger partial charge is 0.508 e. The topological polar surface area (TPSA) is 95.0 Å². The summed E-state index contributed by atoms with van der Waals surface area (Å²) in [5.41, 5.74) is 2.31. The van der Waals surface area contributed by atoms with E-state index in [0.29, 0.717) is 23.4 Å². The number of nitrogens with zero attached hydrogens (tertiary/aromatic N) is 2. The van der Waals surface area contributed by atoms with Gasteiger partial charge in [0.05, 0.1) is 34.5 Å². The lowest BCUT2D eigenvalue weighted by molar-refractivity contribution is -0.131.